The van der Waals surface area contributed by atoms with Crippen molar-refractivity contribution in [1.29, 1.82) is 0 Å². The Kier molecular flexibility index (Phi) is 5.02. The van der Waals surface area contributed by atoms with Crippen LogP contribution in [0.15, 0.2) is 35.5 Å². The second-order valence-corrected chi connectivity index (χ2v) is 8.37. The van der Waals surface area contributed by atoms with Gasteiger partial charge in [-0.3, -0.25) is 4.57 Å². The zero-order chi connectivity index (χ0) is 21.5. The highest BCUT2D eigenvalue weighted by atomic mass is 16.5. The van der Waals surface area contributed by atoms with E-state index in [0.717, 1.165) is 60.0 Å². The van der Waals surface area contributed by atoms with Gasteiger partial charge in [-0.25, -0.2) is 14.3 Å². The summed E-state index contributed by atoms with van der Waals surface area (Å²) in [4.78, 5) is 20.2. The molecule has 2 N–H and O–H groups in total. The molecule has 1 saturated carbocycles. The molecule has 1 fully saturated rings. The van der Waals surface area contributed by atoms with E-state index in [-0.39, 0.29) is 11.7 Å². The zero-order valence-corrected chi connectivity index (χ0v) is 18.2. The largest absolute Gasteiger partial charge is 0.493 e. The Morgan fingerprint density at radius 1 is 1.23 bits per heavy atom. The maximum atomic E-state index is 12.9. The van der Waals surface area contributed by atoms with Crippen LogP contribution in [-0.4, -0.2) is 43.8 Å². The molecule has 4 aromatic rings. The van der Waals surface area contributed by atoms with Gasteiger partial charge in [0.05, 0.1) is 18.1 Å². The lowest BCUT2D eigenvalue weighted by Gasteiger charge is -2.29. The first kappa shape index (κ1) is 19.8. The number of aromatic nitrogens is 5. The maximum absolute atomic E-state index is 12.9. The number of nitrogens with zero attached hydrogens (tertiary/aromatic N) is 4. The first-order valence-corrected chi connectivity index (χ1v) is 10.9. The van der Waals surface area contributed by atoms with Crippen LogP contribution in [0, 0.1) is 6.92 Å². The second-order valence-electron chi connectivity index (χ2n) is 8.37. The predicted molar refractivity (Wildman–Crippen MR) is 121 cm³/mol. The summed E-state index contributed by atoms with van der Waals surface area (Å²) in [5.74, 6) is 0.665. The number of methoxy groups -OCH3 is 1. The van der Waals surface area contributed by atoms with Gasteiger partial charge in [-0.15, -0.1) is 0 Å². The van der Waals surface area contributed by atoms with Gasteiger partial charge < -0.3 is 15.0 Å². The number of nitrogens with one attached hydrogen (secondary N) is 2. The molecule has 3 heterocycles. The Morgan fingerprint density at radius 3 is 2.77 bits per heavy atom. The molecule has 0 aliphatic heterocycles. The van der Waals surface area contributed by atoms with Gasteiger partial charge in [-0.1, -0.05) is 6.92 Å². The third kappa shape index (κ3) is 3.40. The predicted octanol–water partition coefficient (Wildman–Crippen LogP) is 3.45. The van der Waals surface area contributed by atoms with Crippen LogP contribution in [0.4, 0.5) is 0 Å². The summed E-state index contributed by atoms with van der Waals surface area (Å²) in [6.45, 7) is 5.22. The molecule has 1 aliphatic carbocycles. The molecule has 8 nitrogen and oxygen atoms in total. The minimum Gasteiger partial charge on any atom is -0.493 e. The van der Waals surface area contributed by atoms with Crippen LogP contribution in [0.25, 0.3) is 27.8 Å². The van der Waals surface area contributed by atoms with Crippen molar-refractivity contribution in [2.45, 2.75) is 51.6 Å². The number of aryl methyl sites for hydroxylation is 1. The van der Waals surface area contributed by atoms with Crippen LogP contribution in [0.1, 0.15) is 44.2 Å². The summed E-state index contributed by atoms with van der Waals surface area (Å²) in [6.07, 6.45) is 7.70. The van der Waals surface area contributed by atoms with Crippen molar-refractivity contribution in [2.75, 3.05) is 13.7 Å². The summed E-state index contributed by atoms with van der Waals surface area (Å²) in [5.41, 5.74) is 5.59. The van der Waals surface area contributed by atoms with E-state index >= 15 is 0 Å². The Balaban J connectivity index is 1.55. The highest BCUT2D eigenvalue weighted by molar-refractivity contribution is 5.85. The standard InChI is InChI=1S/C23H28N6O2/c1-4-24-16-5-7-17(8-6-16)29-20-9-14(2)18(11-19(20)27-23(29)30)15-10-21(31-3)22-25-13-26-28(22)12-15/h9-13,16-17,24H,4-8H2,1-3H3,(H,27,30)/t16-,17+. The van der Waals surface area contributed by atoms with E-state index < -0.39 is 0 Å². The van der Waals surface area contributed by atoms with Crippen molar-refractivity contribution >= 4 is 16.7 Å². The molecule has 8 heteroatoms. The normalized spacial score (nSPS) is 19.3. The number of imidazole rings is 1. The summed E-state index contributed by atoms with van der Waals surface area (Å²) in [6, 6.07) is 6.96. The molecule has 5 rings (SSSR count). The third-order valence-corrected chi connectivity index (χ3v) is 6.49. The lowest BCUT2D eigenvalue weighted by atomic mass is 9.90. The molecule has 3 aromatic heterocycles. The third-order valence-electron chi connectivity index (χ3n) is 6.49. The first-order chi connectivity index (χ1) is 15.1. The number of rotatable bonds is 5. The smallest absolute Gasteiger partial charge is 0.326 e. The Hall–Kier alpha value is -3.13. The van der Waals surface area contributed by atoms with E-state index in [2.05, 4.69) is 46.4 Å². The Bertz CT molecular complexity index is 1290. The van der Waals surface area contributed by atoms with Crippen molar-refractivity contribution in [3.8, 4) is 16.9 Å². The van der Waals surface area contributed by atoms with Gasteiger partial charge in [0.1, 0.15) is 6.33 Å². The molecule has 1 aromatic carbocycles. The van der Waals surface area contributed by atoms with Gasteiger partial charge in [0.15, 0.2) is 11.4 Å². The molecular formula is C23H28N6O2. The van der Waals surface area contributed by atoms with Gasteiger partial charge in [0.2, 0.25) is 0 Å². The van der Waals surface area contributed by atoms with Gasteiger partial charge in [-0.05, 0) is 68.5 Å². The first-order valence-electron chi connectivity index (χ1n) is 10.9. The Morgan fingerprint density at radius 2 is 2.03 bits per heavy atom. The number of H-pyrrole nitrogens is 1. The van der Waals surface area contributed by atoms with Gasteiger partial charge >= 0.3 is 5.69 Å². The molecule has 0 spiro atoms. The van der Waals surface area contributed by atoms with E-state index in [4.69, 9.17) is 4.74 Å². The van der Waals surface area contributed by atoms with Crippen molar-refractivity contribution in [3.05, 3.63) is 46.8 Å². The van der Waals surface area contributed by atoms with Crippen LogP contribution in [0.2, 0.25) is 0 Å². The summed E-state index contributed by atoms with van der Waals surface area (Å²) in [7, 11) is 1.63. The van der Waals surface area contributed by atoms with Crippen molar-refractivity contribution in [3.63, 3.8) is 0 Å². The fraction of sp³-hybridized carbons (Fsp3) is 0.435. The number of benzene rings is 1. The SMILES string of the molecule is CCN[C@H]1CC[C@@H](n2c(=O)[nH]c3cc(-c4cc(OC)c5ncnn5c4)c(C)cc32)CC1. The van der Waals surface area contributed by atoms with Gasteiger partial charge in [0, 0.05) is 23.8 Å². The summed E-state index contributed by atoms with van der Waals surface area (Å²) >= 11 is 0. The zero-order valence-electron chi connectivity index (χ0n) is 18.2. The van der Waals surface area contributed by atoms with E-state index in [0.29, 0.717) is 17.4 Å². The quantitative estimate of drug-likeness (QED) is 0.516. The maximum Gasteiger partial charge on any atom is 0.326 e. The molecule has 0 saturated heterocycles. The van der Waals surface area contributed by atoms with E-state index in [1.165, 1.54) is 6.33 Å². The lowest BCUT2D eigenvalue weighted by Crippen LogP contribution is -2.35. The van der Waals surface area contributed by atoms with Crippen molar-refractivity contribution in [2.24, 2.45) is 0 Å². The number of hydrogen-bond donors (Lipinski definition) is 2. The van der Waals surface area contributed by atoms with Gasteiger partial charge in [-0.2, -0.15) is 5.10 Å². The molecule has 0 amide bonds. The van der Waals surface area contributed by atoms with E-state index in [1.807, 2.05) is 16.8 Å². The lowest BCUT2D eigenvalue weighted by molar-refractivity contribution is 0.294. The number of aromatic amines is 1. The van der Waals surface area contributed by atoms with Gasteiger partial charge in [0.25, 0.3) is 0 Å². The number of ether oxygens (including phenoxy) is 1. The van der Waals surface area contributed by atoms with Crippen molar-refractivity contribution < 1.29 is 4.74 Å². The monoisotopic (exact) mass is 420 g/mol. The Labute approximate surface area is 180 Å². The fourth-order valence-electron chi connectivity index (χ4n) is 4.97. The van der Waals surface area contributed by atoms with Crippen LogP contribution in [0.5, 0.6) is 5.75 Å². The average molecular weight is 421 g/mol. The molecule has 0 unspecified atom stereocenters. The highest BCUT2D eigenvalue weighted by Gasteiger charge is 2.25. The molecule has 0 radical (unpaired) electrons. The van der Waals surface area contributed by atoms with Crippen LogP contribution < -0.4 is 15.7 Å². The topological polar surface area (TPSA) is 89.2 Å². The molecule has 0 bridgehead atoms. The highest BCUT2D eigenvalue weighted by Crippen LogP contribution is 2.34. The van der Waals surface area contributed by atoms with E-state index in [9.17, 15) is 4.79 Å². The fourth-order valence-corrected chi connectivity index (χ4v) is 4.97. The van der Waals surface area contributed by atoms with Crippen LogP contribution >= 0.6 is 0 Å². The van der Waals surface area contributed by atoms with E-state index in [1.54, 1.807) is 11.6 Å². The molecule has 1 aliphatic rings. The molecule has 31 heavy (non-hydrogen) atoms. The number of pyridine rings is 1. The molecular weight excluding hydrogens is 392 g/mol. The number of fused-ring (bicyclic) bond motifs is 2. The summed E-state index contributed by atoms with van der Waals surface area (Å²) < 4.78 is 9.20. The summed E-state index contributed by atoms with van der Waals surface area (Å²) in [5, 5.41) is 7.80. The van der Waals surface area contributed by atoms with Crippen LogP contribution in [0.3, 0.4) is 0 Å². The minimum absolute atomic E-state index is 0.0252. The average Bonchev–Trinajstić information content (AvgIpc) is 3.37. The van der Waals surface area contributed by atoms with Crippen LogP contribution in [-0.2, 0) is 0 Å². The minimum atomic E-state index is -0.0252. The molecule has 0 atom stereocenters. The second kappa shape index (κ2) is 7.85. The molecule has 162 valence electrons. The van der Waals surface area contributed by atoms with Crippen molar-refractivity contribution in [1.82, 2.24) is 29.5 Å². The number of hydrogen-bond acceptors (Lipinski definition) is 5.